The quantitative estimate of drug-likeness (QED) is 0.386. The zero-order valence-corrected chi connectivity index (χ0v) is 18.7. The van der Waals surface area contributed by atoms with Crippen molar-refractivity contribution >= 4 is 35.0 Å². The molecule has 36 heavy (non-hydrogen) atoms. The van der Waals surface area contributed by atoms with Crippen LogP contribution in [-0.4, -0.2) is 29.7 Å². The molecule has 2 amide bonds. The van der Waals surface area contributed by atoms with Crippen molar-refractivity contribution in [1.29, 1.82) is 0 Å². The summed E-state index contributed by atoms with van der Waals surface area (Å²) >= 11 is 0. The first-order chi connectivity index (χ1) is 17.3. The van der Waals surface area contributed by atoms with E-state index in [1.54, 1.807) is 36.4 Å². The van der Waals surface area contributed by atoms with Crippen LogP contribution in [0.25, 0.3) is 6.08 Å². The lowest BCUT2D eigenvalue weighted by molar-refractivity contribution is -0.137. The number of benzene rings is 3. The van der Waals surface area contributed by atoms with E-state index in [4.69, 9.17) is 0 Å². The smallest absolute Gasteiger partial charge is 0.352 e. The third kappa shape index (κ3) is 3.21. The number of imide groups is 1. The predicted molar refractivity (Wildman–Crippen MR) is 127 cm³/mol. The van der Waals surface area contributed by atoms with E-state index in [9.17, 15) is 27.6 Å². The standard InChI is InChI=1S/C28H19F3N2O3/c29-28(30,31)18-10-6-11-19(15-18)32-26(35)22-21-14-13-16-7-4-5-12-20(16)33(21)24(23(22)27(32)36)25(34)17-8-2-1-3-9-17/h1-15,21-24H/t21-,22-,23+,24+/m1/s1. The van der Waals surface area contributed by atoms with Crippen molar-refractivity contribution in [3.63, 3.8) is 0 Å². The maximum atomic E-state index is 13.8. The highest BCUT2D eigenvalue weighted by Crippen LogP contribution is 2.50. The van der Waals surface area contributed by atoms with Gasteiger partial charge in [-0.15, -0.1) is 0 Å². The van der Waals surface area contributed by atoms with Gasteiger partial charge in [-0.3, -0.25) is 14.4 Å². The highest BCUT2D eigenvalue weighted by molar-refractivity contribution is 6.25. The van der Waals surface area contributed by atoms with Crippen LogP contribution in [-0.2, 0) is 15.8 Å². The van der Waals surface area contributed by atoms with E-state index in [-0.39, 0.29) is 11.5 Å². The number of carbonyl (C=O) groups is 3. The van der Waals surface area contributed by atoms with Gasteiger partial charge in [-0.1, -0.05) is 66.7 Å². The zero-order chi connectivity index (χ0) is 25.2. The first-order valence-corrected chi connectivity index (χ1v) is 11.5. The molecular weight excluding hydrogens is 469 g/mol. The van der Waals surface area contributed by atoms with Gasteiger partial charge in [0.2, 0.25) is 11.8 Å². The number of hydrogen-bond acceptors (Lipinski definition) is 4. The minimum absolute atomic E-state index is 0.146. The van der Waals surface area contributed by atoms with Gasteiger partial charge in [0.05, 0.1) is 29.1 Å². The van der Waals surface area contributed by atoms with Crippen molar-refractivity contribution < 1.29 is 27.6 Å². The molecule has 3 aromatic carbocycles. The maximum absolute atomic E-state index is 13.8. The molecule has 2 fully saturated rings. The molecule has 0 aromatic heterocycles. The van der Waals surface area contributed by atoms with E-state index in [1.807, 2.05) is 35.2 Å². The number of rotatable bonds is 3. The van der Waals surface area contributed by atoms with E-state index in [2.05, 4.69) is 0 Å². The SMILES string of the molecule is O=C(c1ccccc1)[C@@H]1[C@H]2C(=O)N(c3cccc(C(F)(F)F)c3)C(=O)[C@@H]2[C@H]2C=Cc3ccccc3N21. The lowest BCUT2D eigenvalue weighted by atomic mass is 9.86. The van der Waals surface area contributed by atoms with Crippen molar-refractivity contribution in [2.75, 3.05) is 9.80 Å². The van der Waals surface area contributed by atoms with E-state index in [0.717, 1.165) is 28.3 Å². The van der Waals surface area contributed by atoms with Crippen LogP contribution in [0, 0.1) is 11.8 Å². The Labute approximate surface area is 204 Å². The fraction of sp³-hybridized carbons (Fsp3) is 0.179. The molecule has 5 nitrogen and oxygen atoms in total. The lowest BCUT2D eigenvalue weighted by Crippen LogP contribution is -2.48. The molecule has 3 aliphatic heterocycles. The number of nitrogens with zero attached hydrogens (tertiary/aromatic N) is 2. The Morgan fingerprint density at radius 1 is 0.806 bits per heavy atom. The molecule has 3 heterocycles. The minimum atomic E-state index is -4.63. The highest BCUT2D eigenvalue weighted by Gasteiger charge is 2.64. The third-order valence-corrected chi connectivity index (χ3v) is 7.17. The second kappa shape index (κ2) is 7.91. The van der Waals surface area contributed by atoms with Crippen LogP contribution >= 0.6 is 0 Å². The highest BCUT2D eigenvalue weighted by atomic mass is 19.4. The Morgan fingerprint density at radius 3 is 2.25 bits per heavy atom. The largest absolute Gasteiger partial charge is 0.416 e. The molecule has 0 saturated carbocycles. The predicted octanol–water partition coefficient (Wildman–Crippen LogP) is 4.98. The average molecular weight is 488 g/mol. The Balaban J connectivity index is 1.48. The number of alkyl halides is 3. The van der Waals surface area contributed by atoms with Crippen LogP contribution in [0.4, 0.5) is 24.5 Å². The normalized spacial score (nSPS) is 24.5. The van der Waals surface area contributed by atoms with Gasteiger partial charge in [-0.25, -0.2) is 4.90 Å². The minimum Gasteiger partial charge on any atom is -0.352 e. The molecule has 0 unspecified atom stereocenters. The summed E-state index contributed by atoms with van der Waals surface area (Å²) in [6.07, 6.45) is -0.969. The third-order valence-electron chi connectivity index (χ3n) is 7.17. The van der Waals surface area contributed by atoms with Crippen LogP contribution in [0.5, 0.6) is 0 Å². The van der Waals surface area contributed by atoms with Gasteiger partial charge in [0.1, 0.15) is 6.04 Å². The summed E-state index contributed by atoms with van der Waals surface area (Å²) in [4.78, 5) is 44.0. The Kier molecular flexibility index (Phi) is 4.90. The van der Waals surface area contributed by atoms with E-state index in [1.165, 1.54) is 12.1 Å². The second-order valence-corrected chi connectivity index (χ2v) is 9.10. The lowest BCUT2D eigenvalue weighted by Gasteiger charge is -2.36. The molecule has 6 rings (SSSR count). The molecular formula is C28H19F3N2O3. The summed E-state index contributed by atoms with van der Waals surface area (Å²) in [5.74, 6) is -3.54. The molecule has 4 atom stereocenters. The molecule has 0 spiro atoms. The maximum Gasteiger partial charge on any atom is 0.416 e. The van der Waals surface area contributed by atoms with Gasteiger partial charge < -0.3 is 4.90 Å². The monoisotopic (exact) mass is 488 g/mol. The number of amides is 2. The molecule has 0 bridgehead atoms. The van der Waals surface area contributed by atoms with Crippen molar-refractivity contribution in [1.82, 2.24) is 0 Å². The zero-order valence-electron chi connectivity index (χ0n) is 18.7. The molecule has 0 radical (unpaired) electrons. The molecule has 3 aliphatic rings. The molecule has 2 saturated heterocycles. The van der Waals surface area contributed by atoms with Crippen LogP contribution in [0.3, 0.4) is 0 Å². The van der Waals surface area contributed by atoms with Crippen molar-refractivity contribution in [3.8, 4) is 0 Å². The number of Topliss-reactive ketones (excluding diaryl/α,β-unsaturated/α-hetero) is 1. The van der Waals surface area contributed by atoms with Gasteiger partial charge >= 0.3 is 6.18 Å². The van der Waals surface area contributed by atoms with Crippen molar-refractivity contribution in [2.24, 2.45) is 11.8 Å². The summed E-state index contributed by atoms with van der Waals surface area (Å²) in [6, 6.07) is 18.5. The molecule has 0 N–H and O–H groups in total. The second-order valence-electron chi connectivity index (χ2n) is 9.10. The van der Waals surface area contributed by atoms with E-state index in [0.29, 0.717) is 5.56 Å². The number of ketones is 1. The molecule has 8 heteroatoms. The number of halogens is 3. The summed E-state index contributed by atoms with van der Waals surface area (Å²) in [5, 5.41) is 0. The van der Waals surface area contributed by atoms with Crippen molar-refractivity contribution in [2.45, 2.75) is 18.3 Å². The first-order valence-electron chi connectivity index (χ1n) is 11.5. The summed E-state index contributed by atoms with van der Waals surface area (Å²) in [7, 11) is 0. The van der Waals surface area contributed by atoms with Gasteiger partial charge in [-0.2, -0.15) is 13.2 Å². The number of fused-ring (bicyclic) bond motifs is 5. The summed E-state index contributed by atoms with van der Waals surface area (Å²) in [6.45, 7) is 0. The Hall–Kier alpha value is -4.20. The van der Waals surface area contributed by atoms with Gasteiger partial charge in [0, 0.05) is 11.3 Å². The average Bonchev–Trinajstić information content (AvgIpc) is 3.36. The van der Waals surface area contributed by atoms with Crippen LogP contribution in [0.2, 0.25) is 0 Å². The molecule has 180 valence electrons. The van der Waals surface area contributed by atoms with Gasteiger partial charge in [0.25, 0.3) is 0 Å². The number of carbonyl (C=O) groups excluding carboxylic acids is 3. The Morgan fingerprint density at radius 2 is 1.50 bits per heavy atom. The van der Waals surface area contributed by atoms with Crippen LogP contribution in [0.15, 0.2) is 84.9 Å². The van der Waals surface area contributed by atoms with Gasteiger partial charge in [-0.05, 0) is 29.8 Å². The fourth-order valence-electron chi connectivity index (χ4n) is 5.66. The Bertz CT molecular complexity index is 1430. The van der Waals surface area contributed by atoms with E-state index >= 15 is 0 Å². The topological polar surface area (TPSA) is 57.7 Å². The molecule has 0 aliphatic carbocycles. The van der Waals surface area contributed by atoms with E-state index < -0.39 is 47.5 Å². The summed E-state index contributed by atoms with van der Waals surface area (Å²) in [5.41, 5.74) is 0.885. The number of hydrogen-bond donors (Lipinski definition) is 0. The van der Waals surface area contributed by atoms with Crippen LogP contribution < -0.4 is 9.80 Å². The van der Waals surface area contributed by atoms with Crippen LogP contribution in [0.1, 0.15) is 21.5 Å². The number of anilines is 2. The fourth-order valence-corrected chi connectivity index (χ4v) is 5.66. The first kappa shape index (κ1) is 22.3. The van der Waals surface area contributed by atoms with Crippen molar-refractivity contribution in [3.05, 3.63) is 102 Å². The van der Waals surface area contributed by atoms with Gasteiger partial charge in [0.15, 0.2) is 5.78 Å². The summed E-state index contributed by atoms with van der Waals surface area (Å²) < 4.78 is 40.0. The molecule has 3 aromatic rings. The number of para-hydroxylation sites is 1.